The van der Waals surface area contributed by atoms with Crippen LogP contribution in [0.3, 0.4) is 0 Å². The maximum atomic E-state index is 12.9. The molecule has 0 aliphatic rings. The molecule has 194 valence electrons. The molecule has 0 atom stereocenters. The minimum absolute atomic E-state index is 0.283. The van der Waals surface area contributed by atoms with Gasteiger partial charge in [-0.1, -0.05) is 53.6 Å². The van der Waals surface area contributed by atoms with Crippen molar-refractivity contribution in [3.05, 3.63) is 118 Å². The minimum Gasteiger partial charge on any atom is -0.497 e. The SMILES string of the molecule is COc1ccc(C(=O)Oc2ccc(OC(=O)c3ccc(C)cc3)c3nc(/C=C/c4ccc(C)cc4)sc23)cc1. The number of ether oxygens (including phenoxy) is 3. The molecule has 39 heavy (non-hydrogen) atoms. The number of carbonyl (C=O) groups excluding carboxylic acids is 2. The van der Waals surface area contributed by atoms with E-state index in [-0.39, 0.29) is 5.75 Å². The highest BCUT2D eigenvalue weighted by Crippen LogP contribution is 2.38. The molecule has 1 aromatic heterocycles. The van der Waals surface area contributed by atoms with E-state index in [2.05, 4.69) is 0 Å². The number of nitrogens with zero attached hydrogens (tertiary/aromatic N) is 1. The number of aryl methyl sites for hydroxylation is 2. The molecular weight excluding hydrogens is 510 g/mol. The van der Waals surface area contributed by atoms with Gasteiger partial charge >= 0.3 is 11.9 Å². The van der Waals surface area contributed by atoms with E-state index in [9.17, 15) is 9.59 Å². The standard InChI is InChI=1S/C32H25NO5S/c1-20-4-8-22(9-5-20)10-19-28-33-29-26(37-31(34)23-11-6-21(2)7-12-23)17-18-27(30(29)39-28)38-32(35)24-13-15-25(36-3)16-14-24/h4-19H,1-3H3/b19-10+. The molecular formula is C32H25NO5S. The van der Waals surface area contributed by atoms with E-state index in [1.54, 1.807) is 55.6 Å². The van der Waals surface area contributed by atoms with Crippen LogP contribution in [-0.4, -0.2) is 24.0 Å². The summed E-state index contributed by atoms with van der Waals surface area (Å²) in [6.45, 7) is 3.99. The zero-order valence-electron chi connectivity index (χ0n) is 21.6. The van der Waals surface area contributed by atoms with Gasteiger partial charge in [0.15, 0.2) is 11.5 Å². The number of hydrogen-bond donors (Lipinski definition) is 0. The van der Waals surface area contributed by atoms with Gasteiger partial charge in [0, 0.05) is 0 Å². The second kappa shape index (κ2) is 11.3. The Hall–Kier alpha value is -4.75. The predicted octanol–water partition coefficient (Wildman–Crippen LogP) is 7.53. The summed E-state index contributed by atoms with van der Waals surface area (Å²) in [7, 11) is 1.56. The molecule has 0 aliphatic carbocycles. The largest absolute Gasteiger partial charge is 0.497 e. The van der Waals surface area contributed by atoms with Crippen molar-refractivity contribution in [3.8, 4) is 17.2 Å². The predicted molar refractivity (Wildman–Crippen MR) is 154 cm³/mol. The fourth-order valence-corrected chi connectivity index (χ4v) is 4.73. The van der Waals surface area contributed by atoms with Gasteiger partial charge in [-0.15, -0.1) is 11.3 Å². The van der Waals surface area contributed by atoms with Crippen LogP contribution in [0.15, 0.2) is 84.9 Å². The Kier molecular flexibility index (Phi) is 7.52. The van der Waals surface area contributed by atoms with Crippen LogP contribution >= 0.6 is 11.3 Å². The third kappa shape index (κ3) is 6.05. The lowest BCUT2D eigenvalue weighted by Crippen LogP contribution is -2.10. The molecule has 0 aliphatic heterocycles. The molecule has 0 saturated heterocycles. The Bertz CT molecular complexity index is 1670. The van der Waals surface area contributed by atoms with Crippen LogP contribution in [0.5, 0.6) is 17.2 Å². The first-order valence-corrected chi connectivity index (χ1v) is 13.0. The topological polar surface area (TPSA) is 74.7 Å². The molecule has 6 nitrogen and oxygen atoms in total. The molecule has 0 bridgehead atoms. The van der Waals surface area contributed by atoms with Crippen LogP contribution < -0.4 is 14.2 Å². The van der Waals surface area contributed by atoms with Crippen molar-refractivity contribution in [2.24, 2.45) is 0 Å². The second-order valence-electron chi connectivity index (χ2n) is 8.91. The summed E-state index contributed by atoms with van der Waals surface area (Å²) in [5.41, 5.74) is 4.49. The van der Waals surface area contributed by atoms with Crippen molar-refractivity contribution in [1.82, 2.24) is 4.98 Å². The molecule has 0 N–H and O–H groups in total. The van der Waals surface area contributed by atoms with Crippen LogP contribution in [0.25, 0.3) is 22.4 Å². The third-order valence-electron chi connectivity index (χ3n) is 6.00. The van der Waals surface area contributed by atoms with E-state index >= 15 is 0 Å². The van der Waals surface area contributed by atoms with Crippen molar-refractivity contribution in [2.45, 2.75) is 13.8 Å². The zero-order valence-corrected chi connectivity index (χ0v) is 22.5. The van der Waals surface area contributed by atoms with Crippen LogP contribution in [-0.2, 0) is 0 Å². The van der Waals surface area contributed by atoms with Crippen molar-refractivity contribution >= 4 is 45.6 Å². The summed E-state index contributed by atoms with van der Waals surface area (Å²) in [5, 5.41) is 0.672. The number of hydrogen-bond acceptors (Lipinski definition) is 7. The van der Waals surface area contributed by atoms with Crippen LogP contribution in [0.2, 0.25) is 0 Å². The fourth-order valence-electron chi connectivity index (χ4n) is 3.79. The molecule has 0 fully saturated rings. The number of esters is 2. The highest BCUT2D eigenvalue weighted by molar-refractivity contribution is 7.19. The van der Waals surface area contributed by atoms with E-state index in [4.69, 9.17) is 19.2 Å². The number of methoxy groups -OCH3 is 1. The van der Waals surface area contributed by atoms with Gasteiger partial charge in [-0.25, -0.2) is 14.6 Å². The van der Waals surface area contributed by atoms with Gasteiger partial charge in [0.1, 0.15) is 21.0 Å². The summed E-state index contributed by atoms with van der Waals surface area (Å²) in [6, 6.07) is 25.1. The lowest BCUT2D eigenvalue weighted by atomic mass is 10.1. The molecule has 0 unspecified atom stereocenters. The molecule has 0 amide bonds. The number of carbonyl (C=O) groups is 2. The van der Waals surface area contributed by atoms with Gasteiger partial charge in [-0.3, -0.25) is 0 Å². The summed E-state index contributed by atoms with van der Waals surface area (Å²) in [6.07, 6.45) is 3.84. The summed E-state index contributed by atoms with van der Waals surface area (Å²) in [5.74, 6) is 0.234. The fraction of sp³-hybridized carbons (Fsp3) is 0.0938. The first-order chi connectivity index (χ1) is 18.9. The highest BCUT2D eigenvalue weighted by atomic mass is 32.1. The summed E-state index contributed by atoms with van der Waals surface area (Å²) < 4.78 is 17.3. The maximum Gasteiger partial charge on any atom is 0.343 e. The van der Waals surface area contributed by atoms with Crippen molar-refractivity contribution in [3.63, 3.8) is 0 Å². The molecule has 0 saturated carbocycles. The van der Waals surface area contributed by atoms with Crippen LogP contribution in [0, 0.1) is 13.8 Å². The smallest absolute Gasteiger partial charge is 0.343 e. The summed E-state index contributed by atoms with van der Waals surface area (Å²) >= 11 is 1.34. The maximum absolute atomic E-state index is 12.9. The number of fused-ring (bicyclic) bond motifs is 1. The first kappa shape index (κ1) is 25.9. The van der Waals surface area contributed by atoms with Crippen molar-refractivity contribution in [2.75, 3.05) is 7.11 Å². The molecule has 5 rings (SSSR count). The van der Waals surface area contributed by atoms with Gasteiger partial charge < -0.3 is 14.2 Å². The third-order valence-corrected chi connectivity index (χ3v) is 7.04. The zero-order chi connectivity index (χ0) is 27.4. The van der Waals surface area contributed by atoms with Crippen molar-refractivity contribution < 1.29 is 23.8 Å². The lowest BCUT2D eigenvalue weighted by molar-refractivity contribution is 0.0723. The molecule has 7 heteroatoms. The van der Waals surface area contributed by atoms with E-state index in [1.807, 2.05) is 62.4 Å². The average molecular weight is 536 g/mol. The normalized spacial score (nSPS) is 11.1. The molecule has 4 aromatic carbocycles. The highest BCUT2D eigenvalue weighted by Gasteiger charge is 2.19. The Balaban J connectivity index is 1.49. The number of thiazole rings is 1. The van der Waals surface area contributed by atoms with E-state index in [0.29, 0.717) is 37.9 Å². The number of aromatic nitrogens is 1. The van der Waals surface area contributed by atoms with Gasteiger partial charge in [0.05, 0.1) is 18.2 Å². The van der Waals surface area contributed by atoms with Gasteiger partial charge in [0.2, 0.25) is 0 Å². The Morgan fingerprint density at radius 1 is 0.692 bits per heavy atom. The molecule has 1 heterocycles. The Morgan fingerprint density at radius 2 is 1.23 bits per heavy atom. The summed E-state index contributed by atoms with van der Waals surface area (Å²) in [4.78, 5) is 30.5. The van der Waals surface area contributed by atoms with E-state index in [1.165, 1.54) is 16.9 Å². The van der Waals surface area contributed by atoms with Crippen molar-refractivity contribution in [1.29, 1.82) is 0 Å². The van der Waals surface area contributed by atoms with E-state index in [0.717, 1.165) is 11.1 Å². The molecule has 0 spiro atoms. The van der Waals surface area contributed by atoms with Crippen LogP contribution in [0.4, 0.5) is 0 Å². The molecule has 5 aromatic rings. The molecule has 0 radical (unpaired) electrons. The monoisotopic (exact) mass is 535 g/mol. The van der Waals surface area contributed by atoms with E-state index < -0.39 is 11.9 Å². The minimum atomic E-state index is -0.520. The average Bonchev–Trinajstić information content (AvgIpc) is 3.39. The van der Waals surface area contributed by atoms with Crippen LogP contribution in [0.1, 0.15) is 42.4 Å². The first-order valence-electron chi connectivity index (χ1n) is 12.2. The second-order valence-corrected chi connectivity index (χ2v) is 9.94. The number of rotatable bonds is 7. The van der Waals surface area contributed by atoms with Gasteiger partial charge in [-0.2, -0.15) is 0 Å². The lowest BCUT2D eigenvalue weighted by Gasteiger charge is -2.09. The van der Waals surface area contributed by atoms with Gasteiger partial charge in [-0.05, 0) is 74.0 Å². The van der Waals surface area contributed by atoms with Gasteiger partial charge in [0.25, 0.3) is 0 Å². The number of benzene rings is 4. The quantitative estimate of drug-likeness (QED) is 0.158. The Labute approximate surface area is 230 Å². The Morgan fingerprint density at radius 3 is 1.85 bits per heavy atom.